The van der Waals surface area contributed by atoms with Gasteiger partial charge in [-0.2, -0.15) is 0 Å². The Kier molecular flexibility index (Phi) is 6.08. The van der Waals surface area contributed by atoms with Gasteiger partial charge >= 0.3 is 5.97 Å². The molecule has 0 radical (unpaired) electrons. The van der Waals surface area contributed by atoms with E-state index in [0.717, 1.165) is 27.6 Å². The molecule has 0 fully saturated rings. The fourth-order valence-electron chi connectivity index (χ4n) is 3.22. The first-order chi connectivity index (χ1) is 15.1. The lowest BCUT2D eigenvalue weighted by Crippen LogP contribution is -2.11. The number of rotatable bonds is 7. The Labute approximate surface area is 184 Å². The number of carbonyl (C=O) groups is 1. The number of aryl methyl sites for hydroxylation is 1. The van der Waals surface area contributed by atoms with Crippen molar-refractivity contribution >= 4 is 17.3 Å². The zero-order valence-corrected chi connectivity index (χ0v) is 18.3. The Morgan fingerprint density at radius 3 is 2.74 bits per heavy atom. The monoisotopic (exact) mass is 434 g/mol. The highest BCUT2D eigenvalue weighted by Crippen LogP contribution is 2.27. The van der Waals surface area contributed by atoms with Gasteiger partial charge in [-0.3, -0.25) is 0 Å². The highest BCUT2D eigenvalue weighted by molar-refractivity contribution is 7.13. The summed E-state index contributed by atoms with van der Waals surface area (Å²) >= 11 is 1.56. The summed E-state index contributed by atoms with van der Waals surface area (Å²) in [6.07, 6.45) is 4.15. The van der Waals surface area contributed by atoms with E-state index in [2.05, 4.69) is 15.0 Å². The minimum absolute atomic E-state index is 0.257. The topological polar surface area (TPSA) is 79.1 Å². The molecule has 0 bridgehead atoms. The highest BCUT2D eigenvalue weighted by Gasteiger charge is 2.16. The van der Waals surface area contributed by atoms with E-state index in [1.54, 1.807) is 37.8 Å². The second kappa shape index (κ2) is 9.09. The molecule has 1 aromatic carbocycles. The average molecular weight is 435 g/mol. The van der Waals surface area contributed by atoms with E-state index in [9.17, 15) is 4.79 Å². The largest absolute Gasteiger partial charge is 0.495 e. The summed E-state index contributed by atoms with van der Waals surface area (Å²) in [7, 11) is 1.64. The molecule has 158 valence electrons. The molecule has 31 heavy (non-hydrogen) atoms. The van der Waals surface area contributed by atoms with Gasteiger partial charge in [-0.15, -0.1) is 11.3 Å². The van der Waals surface area contributed by atoms with Crippen molar-refractivity contribution in [2.45, 2.75) is 20.3 Å². The van der Waals surface area contributed by atoms with Crippen LogP contribution in [0.5, 0.6) is 5.75 Å². The normalized spacial score (nSPS) is 10.8. The van der Waals surface area contributed by atoms with Gasteiger partial charge in [-0.05, 0) is 49.1 Å². The van der Waals surface area contributed by atoms with Crippen LogP contribution in [0.4, 0.5) is 0 Å². The minimum atomic E-state index is -0.452. The third-order valence-electron chi connectivity index (χ3n) is 4.63. The number of nitrogens with zero attached hydrogens (tertiary/aromatic N) is 4. The maximum Gasteiger partial charge on any atom is 0.357 e. The maximum absolute atomic E-state index is 12.3. The van der Waals surface area contributed by atoms with Gasteiger partial charge in [-0.1, -0.05) is 12.1 Å². The summed E-state index contributed by atoms with van der Waals surface area (Å²) in [5.41, 5.74) is 3.76. The van der Waals surface area contributed by atoms with Crippen molar-refractivity contribution in [2.24, 2.45) is 0 Å². The number of hydrogen-bond acceptors (Lipinski definition) is 7. The number of methoxy groups -OCH3 is 1. The lowest BCUT2D eigenvalue weighted by Gasteiger charge is -2.12. The lowest BCUT2D eigenvalue weighted by molar-refractivity contribution is 0.0519. The van der Waals surface area contributed by atoms with Crippen LogP contribution in [-0.2, 0) is 11.2 Å². The predicted octanol–water partition coefficient (Wildman–Crippen LogP) is 4.48. The number of benzene rings is 1. The van der Waals surface area contributed by atoms with Gasteiger partial charge in [0.25, 0.3) is 0 Å². The summed E-state index contributed by atoms with van der Waals surface area (Å²) in [6, 6.07) is 11.5. The van der Waals surface area contributed by atoms with Gasteiger partial charge < -0.3 is 14.0 Å². The van der Waals surface area contributed by atoms with Crippen LogP contribution in [0, 0.1) is 6.92 Å². The number of ether oxygens (including phenoxy) is 2. The summed E-state index contributed by atoms with van der Waals surface area (Å²) in [5.74, 6) is 0.810. The molecule has 0 aliphatic carbocycles. The van der Waals surface area contributed by atoms with Crippen LogP contribution in [0.2, 0.25) is 0 Å². The molecule has 0 saturated heterocycles. The second-order valence-corrected chi connectivity index (χ2v) is 7.81. The molecule has 3 aromatic heterocycles. The van der Waals surface area contributed by atoms with Crippen molar-refractivity contribution in [3.63, 3.8) is 0 Å². The van der Waals surface area contributed by atoms with Crippen molar-refractivity contribution in [1.29, 1.82) is 0 Å². The number of esters is 1. The summed E-state index contributed by atoms with van der Waals surface area (Å²) in [5, 5.41) is 1.97. The van der Waals surface area contributed by atoms with E-state index < -0.39 is 5.97 Å². The molecule has 0 aliphatic rings. The minimum Gasteiger partial charge on any atom is -0.495 e. The number of aromatic nitrogens is 4. The number of imidazole rings is 1. The zero-order chi connectivity index (χ0) is 21.8. The van der Waals surface area contributed by atoms with Crippen LogP contribution >= 0.6 is 11.3 Å². The van der Waals surface area contributed by atoms with Crippen LogP contribution in [0.3, 0.4) is 0 Å². The van der Waals surface area contributed by atoms with Crippen LogP contribution in [-0.4, -0.2) is 39.2 Å². The van der Waals surface area contributed by atoms with Gasteiger partial charge in [0, 0.05) is 12.6 Å². The van der Waals surface area contributed by atoms with Crippen molar-refractivity contribution in [3.05, 3.63) is 77.1 Å². The third kappa shape index (κ3) is 4.64. The molecular formula is C23H22N4O3S. The molecule has 0 spiro atoms. The molecule has 4 aromatic rings. The van der Waals surface area contributed by atoms with E-state index in [4.69, 9.17) is 9.47 Å². The maximum atomic E-state index is 12.3. The van der Waals surface area contributed by atoms with Gasteiger partial charge in [-0.25, -0.2) is 19.7 Å². The fourth-order valence-corrected chi connectivity index (χ4v) is 3.90. The molecule has 4 rings (SSSR count). The Bertz CT molecular complexity index is 1200. The predicted molar refractivity (Wildman–Crippen MR) is 119 cm³/mol. The summed E-state index contributed by atoms with van der Waals surface area (Å²) in [6.45, 7) is 4.01. The zero-order valence-electron chi connectivity index (χ0n) is 17.5. The Balaban J connectivity index is 1.69. The van der Waals surface area contributed by atoms with E-state index in [1.807, 2.05) is 53.4 Å². The molecule has 8 heteroatoms. The SMILES string of the molecule is CCOC(=O)c1cc(-c2cccs2)nc(Cc2ccc(-n3cnc(C)c3)c(OC)c2)n1. The van der Waals surface area contributed by atoms with Crippen LogP contribution < -0.4 is 4.74 Å². The van der Waals surface area contributed by atoms with Crippen molar-refractivity contribution in [3.8, 4) is 22.0 Å². The van der Waals surface area contributed by atoms with Gasteiger partial charge in [0.15, 0.2) is 5.69 Å². The van der Waals surface area contributed by atoms with Crippen molar-refractivity contribution in [1.82, 2.24) is 19.5 Å². The first kappa shape index (κ1) is 20.7. The smallest absolute Gasteiger partial charge is 0.357 e. The van der Waals surface area contributed by atoms with Crippen molar-refractivity contribution < 1.29 is 14.3 Å². The van der Waals surface area contributed by atoms with E-state index >= 15 is 0 Å². The first-order valence-corrected chi connectivity index (χ1v) is 10.7. The molecule has 3 heterocycles. The summed E-state index contributed by atoms with van der Waals surface area (Å²) < 4.78 is 12.7. The van der Waals surface area contributed by atoms with Gasteiger partial charge in [0.1, 0.15) is 11.6 Å². The number of carbonyl (C=O) groups excluding carboxylic acids is 1. The van der Waals surface area contributed by atoms with Crippen LogP contribution in [0.25, 0.3) is 16.3 Å². The fraction of sp³-hybridized carbons (Fsp3) is 0.217. The second-order valence-electron chi connectivity index (χ2n) is 6.86. The molecule has 0 aliphatic heterocycles. The molecule has 0 unspecified atom stereocenters. The molecule has 0 atom stereocenters. The Hall–Kier alpha value is -3.52. The van der Waals surface area contributed by atoms with Crippen LogP contribution in [0.15, 0.2) is 54.3 Å². The van der Waals surface area contributed by atoms with E-state index in [0.29, 0.717) is 24.5 Å². The standard InChI is InChI=1S/C23H22N4O3S/c1-4-30-23(28)18-12-17(21-6-5-9-31-21)25-22(26-18)11-16-7-8-19(20(10-16)29-3)27-13-15(2)24-14-27/h5-10,12-14H,4,11H2,1-3H3. The molecular weight excluding hydrogens is 412 g/mol. The molecule has 0 amide bonds. The molecule has 7 nitrogen and oxygen atoms in total. The van der Waals surface area contributed by atoms with E-state index in [1.165, 1.54) is 0 Å². The van der Waals surface area contributed by atoms with Crippen LogP contribution in [0.1, 0.15) is 34.5 Å². The van der Waals surface area contributed by atoms with Gasteiger partial charge in [0.2, 0.25) is 0 Å². The molecule has 0 N–H and O–H groups in total. The number of thiophene rings is 1. The van der Waals surface area contributed by atoms with E-state index in [-0.39, 0.29) is 5.69 Å². The average Bonchev–Trinajstić information content (AvgIpc) is 3.46. The Morgan fingerprint density at radius 1 is 1.19 bits per heavy atom. The quantitative estimate of drug-likeness (QED) is 0.399. The highest BCUT2D eigenvalue weighted by atomic mass is 32.1. The van der Waals surface area contributed by atoms with Crippen molar-refractivity contribution in [2.75, 3.05) is 13.7 Å². The first-order valence-electron chi connectivity index (χ1n) is 9.84. The van der Waals surface area contributed by atoms with Gasteiger partial charge in [0.05, 0.1) is 42.0 Å². The lowest BCUT2D eigenvalue weighted by atomic mass is 10.1. The summed E-state index contributed by atoms with van der Waals surface area (Å²) in [4.78, 5) is 26.7. The Morgan fingerprint density at radius 2 is 2.06 bits per heavy atom. The number of hydrogen-bond donors (Lipinski definition) is 0. The third-order valence-corrected chi connectivity index (χ3v) is 5.52. The molecule has 0 saturated carbocycles.